The van der Waals surface area contributed by atoms with E-state index in [1.165, 1.54) is 0 Å². The molecule has 0 aromatic rings. The molecule has 1 fully saturated rings. The molecule has 0 nitrogen and oxygen atoms in total. The summed E-state index contributed by atoms with van der Waals surface area (Å²) in [5.41, 5.74) is 0. The second kappa shape index (κ2) is 10.2. The molecule has 0 heterocycles. The standard InChI is InChI=1S/C10H20.C6H9S.Ir/c1-6-7(2)9(4)10(5)8(6)3;1-3-4-5-6(2)7;/h6-10H,1-5H3;4-5,7H,1-2H3;/q;-1;+3/p-1/b;6-5-;. The monoisotopic (exact) mass is 445 g/mol. The van der Waals surface area contributed by atoms with Crippen molar-refractivity contribution in [1.29, 1.82) is 0 Å². The number of hydrogen-bond acceptors (Lipinski definition) is 1. The quantitative estimate of drug-likeness (QED) is 0.312. The average molecular weight is 445 g/mol. The second-order valence-corrected chi connectivity index (χ2v) is 6.17. The Kier molecular flexibility index (Phi) is 11.7. The molecule has 0 aromatic heterocycles. The average Bonchev–Trinajstić information content (AvgIpc) is 2.46. The smallest absolute Gasteiger partial charge is 0.803 e. The predicted molar refractivity (Wildman–Crippen MR) is 80.4 cm³/mol. The van der Waals surface area contributed by atoms with Crippen molar-refractivity contribution in [1.82, 2.24) is 0 Å². The van der Waals surface area contributed by atoms with Crippen molar-refractivity contribution in [2.45, 2.75) is 48.5 Å². The summed E-state index contributed by atoms with van der Waals surface area (Å²) in [6.07, 6.45) is 6.48. The molecule has 0 amide bonds. The molecule has 1 rings (SSSR count). The van der Waals surface area contributed by atoms with Crippen LogP contribution in [0.25, 0.3) is 0 Å². The molecule has 0 saturated heterocycles. The van der Waals surface area contributed by atoms with Crippen LogP contribution in [0.5, 0.6) is 0 Å². The van der Waals surface area contributed by atoms with E-state index in [1.807, 2.05) is 26.0 Å². The summed E-state index contributed by atoms with van der Waals surface area (Å²) in [6, 6.07) is 0. The summed E-state index contributed by atoms with van der Waals surface area (Å²) in [6.45, 7) is 15.7. The van der Waals surface area contributed by atoms with E-state index < -0.39 is 0 Å². The van der Waals surface area contributed by atoms with E-state index in [0.29, 0.717) is 0 Å². The van der Waals surface area contributed by atoms with Crippen molar-refractivity contribution in [3.63, 3.8) is 0 Å². The Labute approximate surface area is 133 Å². The maximum absolute atomic E-state index is 4.73. The molecule has 18 heavy (non-hydrogen) atoms. The molecule has 0 spiro atoms. The van der Waals surface area contributed by atoms with E-state index in [2.05, 4.69) is 40.7 Å². The number of rotatable bonds is 1. The summed E-state index contributed by atoms with van der Waals surface area (Å²) in [5.74, 6) is 4.68. The van der Waals surface area contributed by atoms with E-state index in [9.17, 15) is 0 Å². The number of allylic oxidation sites excluding steroid dienone is 4. The van der Waals surface area contributed by atoms with Crippen LogP contribution in [0.4, 0.5) is 0 Å². The van der Waals surface area contributed by atoms with Gasteiger partial charge in [0.15, 0.2) is 0 Å². The summed E-state index contributed by atoms with van der Waals surface area (Å²) >= 11 is 4.73. The molecular weight excluding hydrogens is 416 g/mol. The fourth-order valence-corrected chi connectivity index (χ4v) is 2.66. The summed E-state index contributed by atoms with van der Waals surface area (Å²) in [5, 5.41) is 0. The van der Waals surface area contributed by atoms with Crippen molar-refractivity contribution in [3.05, 3.63) is 23.1 Å². The molecule has 0 radical (unpaired) electrons. The van der Waals surface area contributed by atoms with Gasteiger partial charge in [-0.1, -0.05) is 41.5 Å². The van der Waals surface area contributed by atoms with Crippen molar-refractivity contribution >= 4 is 12.6 Å². The Bertz CT molecular complexity index is 221. The van der Waals surface area contributed by atoms with Crippen LogP contribution in [-0.2, 0) is 32.7 Å². The maximum atomic E-state index is 4.73. The van der Waals surface area contributed by atoms with Crippen LogP contribution in [0.2, 0.25) is 0 Å². The molecule has 0 bridgehead atoms. The van der Waals surface area contributed by atoms with Gasteiger partial charge in [0.1, 0.15) is 0 Å². The predicted octanol–water partition coefficient (Wildman–Crippen LogP) is 4.99. The maximum Gasteiger partial charge on any atom is 3.00 e. The molecule has 0 atom stereocenters. The van der Waals surface area contributed by atoms with E-state index in [1.54, 1.807) is 0 Å². The molecule has 0 aromatic carbocycles. The van der Waals surface area contributed by atoms with E-state index in [0.717, 1.165) is 34.5 Å². The molecule has 0 unspecified atom stereocenters. The van der Waals surface area contributed by atoms with Gasteiger partial charge in [-0.15, -0.1) is 6.92 Å². The molecule has 0 N–H and O–H groups in total. The minimum Gasteiger partial charge on any atom is -0.803 e. The number of hydrogen-bond donors (Lipinski definition) is 0. The van der Waals surface area contributed by atoms with Gasteiger partial charge in [0.25, 0.3) is 0 Å². The van der Waals surface area contributed by atoms with Crippen LogP contribution in [0.3, 0.4) is 0 Å². The van der Waals surface area contributed by atoms with Gasteiger partial charge >= 0.3 is 20.1 Å². The first-order valence-electron chi connectivity index (χ1n) is 6.67. The summed E-state index contributed by atoms with van der Waals surface area (Å²) < 4.78 is 0. The van der Waals surface area contributed by atoms with Gasteiger partial charge in [-0.2, -0.15) is 0 Å². The molecular formula is C16H28IrS+. The fourth-order valence-electron chi connectivity index (χ4n) is 2.59. The molecule has 1 aliphatic rings. The minimum atomic E-state index is 0. The van der Waals surface area contributed by atoms with Gasteiger partial charge in [0.2, 0.25) is 0 Å². The summed E-state index contributed by atoms with van der Waals surface area (Å²) in [7, 11) is 0. The Balaban J connectivity index is 0. The van der Waals surface area contributed by atoms with Crippen LogP contribution >= 0.6 is 0 Å². The van der Waals surface area contributed by atoms with Crippen molar-refractivity contribution in [2.75, 3.05) is 0 Å². The Morgan fingerprint density at radius 2 is 1.17 bits per heavy atom. The van der Waals surface area contributed by atoms with Gasteiger partial charge in [-0.05, 0) is 29.6 Å². The third-order valence-electron chi connectivity index (χ3n) is 4.63. The zero-order valence-electron chi connectivity index (χ0n) is 12.8. The van der Waals surface area contributed by atoms with E-state index in [4.69, 9.17) is 12.6 Å². The normalized spacial score (nSPS) is 35.9. The first-order chi connectivity index (χ1) is 7.82. The van der Waals surface area contributed by atoms with Gasteiger partial charge < -0.3 is 12.6 Å². The third kappa shape index (κ3) is 6.50. The van der Waals surface area contributed by atoms with E-state index >= 15 is 0 Å². The van der Waals surface area contributed by atoms with Crippen molar-refractivity contribution in [3.8, 4) is 0 Å². The van der Waals surface area contributed by atoms with Crippen LogP contribution in [-0.4, -0.2) is 0 Å². The van der Waals surface area contributed by atoms with Crippen LogP contribution in [0.15, 0.2) is 17.1 Å². The first-order valence-corrected chi connectivity index (χ1v) is 7.08. The zero-order chi connectivity index (χ0) is 13.6. The Hall–Kier alpha value is 0.349. The van der Waals surface area contributed by atoms with Gasteiger partial charge in [-0.3, -0.25) is 11.0 Å². The Morgan fingerprint density at radius 1 is 0.889 bits per heavy atom. The zero-order valence-corrected chi connectivity index (χ0v) is 16.0. The first kappa shape index (κ1) is 20.7. The molecule has 2 heteroatoms. The van der Waals surface area contributed by atoms with Crippen LogP contribution in [0.1, 0.15) is 48.5 Å². The van der Waals surface area contributed by atoms with E-state index in [-0.39, 0.29) is 20.1 Å². The van der Waals surface area contributed by atoms with Crippen molar-refractivity contribution in [2.24, 2.45) is 29.6 Å². The largest absolute Gasteiger partial charge is 3.00 e. The van der Waals surface area contributed by atoms with Crippen LogP contribution in [0, 0.1) is 35.7 Å². The topological polar surface area (TPSA) is 0 Å². The van der Waals surface area contributed by atoms with Gasteiger partial charge in [-0.25, -0.2) is 12.2 Å². The van der Waals surface area contributed by atoms with Crippen LogP contribution < -0.4 is 0 Å². The summed E-state index contributed by atoms with van der Waals surface area (Å²) in [4.78, 5) is 0.898. The van der Waals surface area contributed by atoms with Crippen molar-refractivity contribution < 1.29 is 20.1 Å². The molecule has 1 saturated carbocycles. The molecule has 106 valence electrons. The Morgan fingerprint density at radius 3 is 1.28 bits per heavy atom. The molecule has 0 aliphatic heterocycles. The second-order valence-electron chi connectivity index (χ2n) is 5.53. The van der Waals surface area contributed by atoms with Gasteiger partial charge in [0, 0.05) is 0 Å². The van der Waals surface area contributed by atoms with Gasteiger partial charge in [0.05, 0.1) is 0 Å². The minimum absolute atomic E-state index is 0. The third-order valence-corrected chi connectivity index (χ3v) is 4.77. The fraction of sp³-hybridized carbons (Fsp3) is 0.750. The molecule has 1 aliphatic carbocycles. The SMILES string of the molecule is CC1C(C)C(C)C(C)C1C.C[C-]=C/C=C(/C)[S-].[Ir+3].